The van der Waals surface area contributed by atoms with Crippen LogP contribution in [0, 0.1) is 11.7 Å². The van der Waals surface area contributed by atoms with Gasteiger partial charge in [-0.1, -0.05) is 26.0 Å². The number of benzene rings is 1. The number of nitrogens with one attached hydrogen (secondary N) is 2. The lowest BCUT2D eigenvalue weighted by molar-refractivity contribution is 0.0513. The molecule has 4 nitrogen and oxygen atoms in total. The summed E-state index contributed by atoms with van der Waals surface area (Å²) < 4.78 is 18.9. The normalized spacial score (nSPS) is 17.6. The second-order valence-corrected chi connectivity index (χ2v) is 7.29. The van der Waals surface area contributed by atoms with E-state index in [1.807, 2.05) is 12.1 Å². The highest BCUT2D eigenvalue weighted by atomic mass is 19.1. The first-order valence-electron chi connectivity index (χ1n) is 9.34. The van der Waals surface area contributed by atoms with Crippen molar-refractivity contribution in [3.63, 3.8) is 0 Å². The van der Waals surface area contributed by atoms with Gasteiger partial charge in [-0.05, 0) is 49.3 Å². The summed E-state index contributed by atoms with van der Waals surface area (Å²) in [6.45, 7) is 7.64. The summed E-state index contributed by atoms with van der Waals surface area (Å²) in [5.74, 6) is 1.36. The van der Waals surface area contributed by atoms with E-state index in [9.17, 15) is 4.39 Å². The maximum Gasteiger partial charge on any atom is 0.191 e. The van der Waals surface area contributed by atoms with Crippen LogP contribution in [0.3, 0.4) is 0 Å². The summed E-state index contributed by atoms with van der Waals surface area (Å²) >= 11 is 0. The van der Waals surface area contributed by atoms with Crippen LogP contribution >= 0.6 is 0 Å². The van der Waals surface area contributed by atoms with Crippen molar-refractivity contribution >= 4 is 5.96 Å². The number of hydrogen-bond acceptors (Lipinski definition) is 2. The van der Waals surface area contributed by atoms with Crippen molar-refractivity contribution in [3.05, 3.63) is 35.6 Å². The molecule has 0 aliphatic carbocycles. The molecule has 25 heavy (non-hydrogen) atoms. The van der Waals surface area contributed by atoms with Crippen LogP contribution < -0.4 is 10.6 Å². The maximum absolute atomic E-state index is 13.3. The minimum atomic E-state index is -0.193. The van der Waals surface area contributed by atoms with E-state index < -0.39 is 0 Å². The fourth-order valence-electron chi connectivity index (χ4n) is 3.32. The van der Waals surface area contributed by atoms with Crippen LogP contribution in [0.5, 0.6) is 0 Å². The second-order valence-electron chi connectivity index (χ2n) is 7.29. The molecule has 0 saturated carbocycles. The summed E-state index contributed by atoms with van der Waals surface area (Å²) in [6.07, 6.45) is 4.20. The van der Waals surface area contributed by atoms with Crippen molar-refractivity contribution in [2.24, 2.45) is 10.9 Å². The van der Waals surface area contributed by atoms with Gasteiger partial charge in [-0.3, -0.25) is 4.99 Å². The number of hydrogen-bond donors (Lipinski definition) is 2. The van der Waals surface area contributed by atoms with Crippen molar-refractivity contribution in [2.75, 3.05) is 33.4 Å². The summed E-state index contributed by atoms with van der Waals surface area (Å²) in [5, 5.41) is 6.86. The van der Waals surface area contributed by atoms with E-state index in [1.54, 1.807) is 19.2 Å². The van der Waals surface area contributed by atoms with Crippen LogP contribution in [0.4, 0.5) is 4.39 Å². The van der Waals surface area contributed by atoms with E-state index in [4.69, 9.17) is 4.74 Å². The van der Waals surface area contributed by atoms with Crippen molar-refractivity contribution in [1.82, 2.24) is 10.6 Å². The Morgan fingerprint density at radius 1 is 1.20 bits per heavy atom. The quantitative estimate of drug-likeness (QED) is 0.450. The van der Waals surface area contributed by atoms with Gasteiger partial charge in [0.05, 0.1) is 0 Å². The molecule has 0 aromatic heterocycles. The molecular formula is C20H32FN3O. The Morgan fingerprint density at radius 2 is 1.88 bits per heavy atom. The highest BCUT2D eigenvalue weighted by Gasteiger charge is 2.34. The topological polar surface area (TPSA) is 45.7 Å². The monoisotopic (exact) mass is 349 g/mol. The van der Waals surface area contributed by atoms with Crippen molar-refractivity contribution in [1.29, 1.82) is 0 Å². The zero-order valence-electron chi connectivity index (χ0n) is 15.8. The molecule has 1 aromatic carbocycles. The molecule has 0 amide bonds. The lowest BCUT2D eigenvalue weighted by Crippen LogP contribution is -2.48. The highest BCUT2D eigenvalue weighted by molar-refractivity contribution is 5.79. The Hall–Kier alpha value is -1.62. The molecule has 0 radical (unpaired) electrons. The smallest absolute Gasteiger partial charge is 0.191 e. The van der Waals surface area contributed by atoms with Crippen LogP contribution in [0.15, 0.2) is 29.3 Å². The van der Waals surface area contributed by atoms with Gasteiger partial charge in [0.15, 0.2) is 5.96 Å². The summed E-state index contributed by atoms with van der Waals surface area (Å²) in [6, 6.07) is 6.90. The van der Waals surface area contributed by atoms with Crippen LogP contribution in [0.2, 0.25) is 0 Å². The molecule has 0 unspecified atom stereocenters. The highest BCUT2D eigenvalue weighted by Crippen LogP contribution is 2.34. The zero-order valence-corrected chi connectivity index (χ0v) is 15.8. The maximum atomic E-state index is 13.3. The van der Waals surface area contributed by atoms with Crippen molar-refractivity contribution < 1.29 is 9.13 Å². The van der Waals surface area contributed by atoms with Crippen molar-refractivity contribution in [2.45, 2.75) is 44.9 Å². The number of guanidine groups is 1. The number of halogens is 1. The fourth-order valence-corrected chi connectivity index (χ4v) is 3.32. The average Bonchev–Trinajstić information content (AvgIpc) is 2.62. The van der Waals surface area contributed by atoms with E-state index in [1.165, 1.54) is 12.0 Å². The number of ether oxygens (including phenoxy) is 1. The first kappa shape index (κ1) is 19.7. The molecule has 140 valence electrons. The molecular weight excluding hydrogens is 317 g/mol. The number of rotatable bonds is 7. The molecule has 0 atom stereocenters. The van der Waals surface area contributed by atoms with Crippen molar-refractivity contribution in [3.8, 4) is 0 Å². The molecule has 1 aliphatic heterocycles. The molecule has 0 bridgehead atoms. The summed E-state index contributed by atoms with van der Waals surface area (Å²) in [5.41, 5.74) is 1.13. The van der Waals surface area contributed by atoms with Crippen LogP contribution in [0.25, 0.3) is 0 Å². The van der Waals surface area contributed by atoms with Gasteiger partial charge in [0.25, 0.3) is 0 Å². The van der Waals surface area contributed by atoms with Gasteiger partial charge in [-0.2, -0.15) is 0 Å². The lowest BCUT2D eigenvalue weighted by atomic mass is 9.74. The van der Waals surface area contributed by atoms with Crippen LogP contribution in [-0.4, -0.2) is 39.3 Å². The minimum Gasteiger partial charge on any atom is -0.381 e. The Bertz CT molecular complexity index is 536. The fraction of sp³-hybridized carbons (Fsp3) is 0.650. The van der Waals surface area contributed by atoms with E-state index in [2.05, 4.69) is 29.5 Å². The molecule has 1 saturated heterocycles. The van der Waals surface area contributed by atoms with Gasteiger partial charge in [-0.15, -0.1) is 0 Å². The van der Waals surface area contributed by atoms with E-state index in [0.717, 1.165) is 57.4 Å². The molecule has 2 N–H and O–H groups in total. The standard InChI is InChI=1S/C20H32FN3O/c1-16(2)5-4-12-23-19(22-3)24-15-20(10-13-25-14-11-20)17-6-8-18(21)9-7-17/h6-9,16H,4-5,10-15H2,1-3H3,(H2,22,23,24). The molecule has 0 spiro atoms. The third kappa shape index (κ3) is 5.99. The predicted molar refractivity (Wildman–Crippen MR) is 102 cm³/mol. The number of nitrogens with zero attached hydrogens (tertiary/aromatic N) is 1. The average molecular weight is 349 g/mol. The largest absolute Gasteiger partial charge is 0.381 e. The number of aliphatic imine (C=N–C) groups is 1. The summed E-state index contributed by atoms with van der Waals surface area (Å²) in [7, 11) is 1.80. The molecule has 5 heteroatoms. The SMILES string of the molecule is CN=C(NCCCC(C)C)NCC1(c2ccc(F)cc2)CCOCC1. The van der Waals surface area contributed by atoms with Gasteiger partial charge in [0.2, 0.25) is 0 Å². The third-order valence-corrected chi connectivity index (χ3v) is 4.98. The molecule has 1 aliphatic rings. The van der Waals surface area contributed by atoms with Crippen LogP contribution in [0.1, 0.15) is 45.1 Å². The minimum absolute atomic E-state index is 0.0402. The zero-order chi connectivity index (χ0) is 18.1. The van der Waals surface area contributed by atoms with Crippen LogP contribution in [-0.2, 0) is 10.2 Å². The first-order valence-corrected chi connectivity index (χ1v) is 9.34. The molecule has 1 heterocycles. The van der Waals surface area contributed by atoms with E-state index in [-0.39, 0.29) is 11.2 Å². The summed E-state index contributed by atoms with van der Waals surface area (Å²) in [4.78, 5) is 4.33. The van der Waals surface area contributed by atoms with E-state index >= 15 is 0 Å². The lowest BCUT2D eigenvalue weighted by Gasteiger charge is -2.38. The predicted octanol–water partition coefficient (Wildman–Crippen LogP) is 3.48. The van der Waals surface area contributed by atoms with Gasteiger partial charge >= 0.3 is 0 Å². The Labute approximate surface area is 151 Å². The van der Waals surface area contributed by atoms with Gasteiger partial charge < -0.3 is 15.4 Å². The van der Waals surface area contributed by atoms with E-state index in [0.29, 0.717) is 0 Å². The molecule has 1 aromatic rings. The Balaban J connectivity index is 1.96. The third-order valence-electron chi connectivity index (χ3n) is 4.98. The Kier molecular flexibility index (Phi) is 7.69. The van der Waals surface area contributed by atoms with Gasteiger partial charge in [0.1, 0.15) is 5.82 Å². The van der Waals surface area contributed by atoms with Gasteiger partial charge in [-0.25, -0.2) is 4.39 Å². The second kappa shape index (κ2) is 9.76. The molecule has 1 fully saturated rings. The van der Waals surface area contributed by atoms with Gasteiger partial charge in [0, 0.05) is 38.8 Å². The first-order chi connectivity index (χ1) is 12.1. The molecule has 2 rings (SSSR count). The Morgan fingerprint density at radius 3 is 2.48 bits per heavy atom.